The van der Waals surface area contributed by atoms with Gasteiger partial charge in [-0.2, -0.15) is 4.31 Å². The summed E-state index contributed by atoms with van der Waals surface area (Å²) in [6.45, 7) is 0.844. The van der Waals surface area contributed by atoms with Crippen molar-refractivity contribution in [3.05, 3.63) is 64.9 Å². The summed E-state index contributed by atoms with van der Waals surface area (Å²) in [5.41, 5.74) is 0.913. The molecule has 152 valence electrons. The molecule has 7 nitrogen and oxygen atoms in total. The van der Waals surface area contributed by atoms with Crippen LogP contribution in [-0.4, -0.2) is 49.5 Å². The maximum absolute atomic E-state index is 14.3. The van der Waals surface area contributed by atoms with E-state index in [1.165, 1.54) is 21.7 Å². The fraction of sp³-hybridized carbons (Fsp3) is 0.211. The first kappa shape index (κ1) is 19.8. The van der Waals surface area contributed by atoms with Crippen molar-refractivity contribution in [1.82, 2.24) is 8.87 Å². The number of carbonyl (C=O) groups excluding carboxylic acids is 1. The smallest absolute Gasteiger partial charge is 0.267 e. The minimum Gasteiger partial charge on any atom is -0.379 e. The van der Waals surface area contributed by atoms with Gasteiger partial charge in [-0.25, -0.2) is 12.8 Å². The second kappa shape index (κ2) is 8.07. The molecule has 1 aromatic carbocycles. The van der Waals surface area contributed by atoms with Gasteiger partial charge < -0.3 is 14.6 Å². The topological polar surface area (TPSA) is 80.6 Å². The van der Waals surface area contributed by atoms with Crippen molar-refractivity contribution in [2.45, 2.75) is 4.90 Å². The van der Waals surface area contributed by atoms with Gasteiger partial charge in [0.15, 0.2) is 0 Å². The molecule has 0 spiro atoms. The molecule has 2 aromatic heterocycles. The Bertz CT molecular complexity index is 1120. The third-order valence-electron chi connectivity index (χ3n) is 4.51. The van der Waals surface area contributed by atoms with E-state index in [1.807, 2.05) is 35.2 Å². The lowest BCUT2D eigenvalue weighted by Crippen LogP contribution is -2.40. The molecule has 1 aliphatic heterocycles. The van der Waals surface area contributed by atoms with E-state index >= 15 is 0 Å². The van der Waals surface area contributed by atoms with Crippen LogP contribution in [-0.2, 0) is 14.8 Å². The van der Waals surface area contributed by atoms with Gasteiger partial charge >= 0.3 is 0 Å². The van der Waals surface area contributed by atoms with E-state index < -0.39 is 26.6 Å². The van der Waals surface area contributed by atoms with Crippen LogP contribution in [0.5, 0.6) is 0 Å². The Hall–Kier alpha value is -2.53. The Morgan fingerprint density at radius 3 is 2.59 bits per heavy atom. The third kappa shape index (κ3) is 3.97. The lowest BCUT2D eigenvalue weighted by Gasteiger charge is -2.26. The van der Waals surface area contributed by atoms with Crippen LogP contribution in [0, 0.1) is 5.82 Å². The zero-order valence-electron chi connectivity index (χ0n) is 15.2. The van der Waals surface area contributed by atoms with Gasteiger partial charge in [-0.05, 0) is 41.8 Å². The number of thiophene rings is 1. The van der Waals surface area contributed by atoms with Crippen LogP contribution in [0.1, 0.15) is 9.67 Å². The predicted molar refractivity (Wildman–Crippen MR) is 108 cm³/mol. The number of carbonyl (C=O) groups is 1. The molecule has 1 fully saturated rings. The number of ether oxygens (including phenoxy) is 1. The second-order valence-electron chi connectivity index (χ2n) is 6.34. The minimum atomic E-state index is -4.02. The molecule has 0 unspecified atom stereocenters. The number of rotatable bonds is 5. The van der Waals surface area contributed by atoms with E-state index in [1.54, 1.807) is 5.38 Å². The van der Waals surface area contributed by atoms with Gasteiger partial charge in [0.25, 0.3) is 5.91 Å². The molecule has 3 heterocycles. The first-order valence-electron chi connectivity index (χ1n) is 8.86. The second-order valence-corrected chi connectivity index (χ2v) is 9.16. The quantitative estimate of drug-likeness (QED) is 0.668. The molecule has 1 N–H and O–H groups in total. The van der Waals surface area contributed by atoms with E-state index in [2.05, 4.69) is 5.32 Å². The Morgan fingerprint density at radius 2 is 1.86 bits per heavy atom. The van der Waals surface area contributed by atoms with Crippen LogP contribution in [0.25, 0.3) is 5.69 Å². The first-order chi connectivity index (χ1) is 14.0. The summed E-state index contributed by atoms with van der Waals surface area (Å²) >= 11 is 1.26. The van der Waals surface area contributed by atoms with Gasteiger partial charge in [0.05, 0.1) is 18.9 Å². The number of halogens is 1. The van der Waals surface area contributed by atoms with Crippen molar-refractivity contribution in [1.29, 1.82) is 0 Å². The number of anilines is 1. The first-order valence-corrected chi connectivity index (χ1v) is 11.2. The Kier molecular flexibility index (Phi) is 5.50. The van der Waals surface area contributed by atoms with Gasteiger partial charge in [0.2, 0.25) is 10.0 Å². The fourth-order valence-corrected chi connectivity index (χ4v) is 5.35. The predicted octanol–water partition coefficient (Wildman–Crippen LogP) is 2.95. The average Bonchev–Trinajstić information content (AvgIpc) is 3.41. The molecule has 1 aliphatic rings. The molecule has 0 atom stereocenters. The molecule has 0 saturated carbocycles. The highest BCUT2D eigenvalue weighted by atomic mass is 32.2. The summed E-state index contributed by atoms with van der Waals surface area (Å²) in [5, 5.41) is 4.47. The zero-order valence-corrected chi connectivity index (χ0v) is 16.9. The van der Waals surface area contributed by atoms with Crippen LogP contribution in [0.4, 0.5) is 10.1 Å². The molecule has 3 aromatic rings. The normalized spacial score (nSPS) is 15.3. The molecular weight excluding hydrogens is 417 g/mol. The van der Waals surface area contributed by atoms with Crippen molar-refractivity contribution in [3.8, 4) is 5.69 Å². The van der Waals surface area contributed by atoms with E-state index in [9.17, 15) is 17.6 Å². The summed E-state index contributed by atoms with van der Waals surface area (Å²) in [6.07, 6.45) is 3.65. The van der Waals surface area contributed by atoms with Crippen molar-refractivity contribution in [2.24, 2.45) is 0 Å². The monoisotopic (exact) mass is 435 g/mol. The highest BCUT2D eigenvalue weighted by Gasteiger charge is 2.29. The zero-order chi connectivity index (χ0) is 20.4. The van der Waals surface area contributed by atoms with Gasteiger partial charge in [0, 0.05) is 31.2 Å². The maximum Gasteiger partial charge on any atom is 0.267 e. The Labute approximate surface area is 171 Å². The summed E-state index contributed by atoms with van der Waals surface area (Å²) in [5.74, 6) is -1.26. The van der Waals surface area contributed by atoms with Crippen LogP contribution >= 0.6 is 11.3 Å². The lowest BCUT2D eigenvalue weighted by atomic mass is 10.3. The highest BCUT2D eigenvalue weighted by Crippen LogP contribution is 2.26. The van der Waals surface area contributed by atoms with E-state index in [0.29, 0.717) is 10.6 Å². The number of benzene rings is 1. The molecule has 10 heteroatoms. The molecule has 0 aliphatic carbocycles. The highest BCUT2D eigenvalue weighted by molar-refractivity contribution is 7.89. The number of sulfonamides is 1. The SMILES string of the molecule is O=C(Nc1ccc(F)c(S(=O)(=O)N2CCOCC2)c1)c1sccc1-n1cccc1. The molecule has 4 rings (SSSR count). The number of amides is 1. The number of hydrogen-bond donors (Lipinski definition) is 1. The molecule has 0 radical (unpaired) electrons. The molecular formula is C19H18FN3O4S2. The van der Waals surface area contributed by atoms with Crippen molar-refractivity contribution >= 4 is 33.0 Å². The van der Waals surface area contributed by atoms with Crippen molar-refractivity contribution in [2.75, 3.05) is 31.6 Å². The lowest BCUT2D eigenvalue weighted by molar-refractivity contribution is 0.0729. The standard InChI is InChI=1S/C19H18FN3O4S2/c20-15-4-3-14(13-17(15)29(25,26)23-8-10-27-11-9-23)21-19(24)18-16(5-12-28-18)22-6-1-2-7-22/h1-7,12-13H,8-11H2,(H,21,24). The summed E-state index contributed by atoms with van der Waals surface area (Å²) in [7, 11) is -4.02. The molecule has 1 saturated heterocycles. The van der Waals surface area contributed by atoms with Crippen LogP contribution in [0.2, 0.25) is 0 Å². The summed E-state index contributed by atoms with van der Waals surface area (Å²) < 4.78 is 48.1. The van der Waals surface area contributed by atoms with Gasteiger partial charge in [-0.3, -0.25) is 4.79 Å². The molecule has 29 heavy (non-hydrogen) atoms. The van der Waals surface area contributed by atoms with E-state index in [-0.39, 0.29) is 32.0 Å². The Morgan fingerprint density at radius 1 is 1.14 bits per heavy atom. The number of hydrogen-bond acceptors (Lipinski definition) is 5. The fourth-order valence-electron chi connectivity index (χ4n) is 3.06. The Balaban J connectivity index is 1.60. The maximum atomic E-state index is 14.3. The summed E-state index contributed by atoms with van der Waals surface area (Å²) in [4.78, 5) is 12.8. The molecule has 1 amide bonds. The van der Waals surface area contributed by atoms with Crippen molar-refractivity contribution < 1.29 is 22.3 Å². The minimum absolute atomic E-state index is 0.161. The number of nitrogens with zero attached hydrogens (tertiary/aromatic N) is 2. The number of morpholine rings is 1. The number of aromatic nitrogens is 1. The van der Waals surface area contributed by atoms with Crippen molar-refractivity contribution in [3.63, 3.8) is 0 Å². The third-order valence-corrected chi connectivity index (χ3v) is 7.33. The summed E-state index contributed by atoms with van der Waals surface area (Å²) in [6, 6.07) is 9.06. The number of nitrogens with one attached hydrogen (secondary N) is 1. The van der Waals surface area contributed by atoms with Crippen LogP contribution in [0.3, 0.4) is 0 Å². The van der Waals surface area contributed by atoms with E-state index in [0.717, 1.165) is 12.1 Å². The average molecular weight is 436 g/mol. The van der Waals surface area contributed by atoms with Crippen LogP contribution < -0.4 is 5.32 Å². The van der Waals surface area contributed by atoms with Gasteiger partial charge in [-0.1, -0.05) is 0 Å². The van der Waals surface area contributed by atoms with E-state index in [4.69, 9.17) is 4.74 Å². The molecule has 0 bridgehead atoms. The van der Waals surface area contributed by atoms with Crippen LogP contribution in [0.15, 0.2) is 59.1 Å². The van der Waals surface area contributed by atoms with Gasteiger partial charge in [-0.15, -0.1) is 11.3 Å². The largest absolute Gasteiger partial charge is 0.379 e. The van der Waals surface area contributed by atoms with Gasteiger partial charge in [0.1, 0.15) is 15.6 Å².